The highest BCUT2D eigenvalue weighted by atomic mass is 32.2. The SMILES string of the molecule is CCOC(=O)Cc1csc(S[C@@H](C)C(=O)N[C@H]2CCCC[C@@H]2C)n1. The fraction of sp³-hybridized carbons (Fsp3) is 0.706. The Morgan fingerprint density at radius 1 is 1.46 bits per heavy atom. The molecule has 0 saturated heterocycles. The van der Waals surface area contributed by atoms with Gasteiger partial charge < -0.3 is 10.1 Å². The predicted molar refractivity (Wildman–Crippen MR) is 97.3 cm³/mol. The molecule has 1 heterocycles. The fourth-order valence-corrected chi connectivity index (χ4v) is 4.81. The van der Waals surface area contributed by atoms with E-state index in [9.17, 15) is 9.59 Å². The van der Waals surface area contributed by atoms with Crippen LogP contribution in [0.4, 0.5) is 0 Å². The Labute approximate surface area is 152 Å². The summed E-state index contributed by atoms with van der Waals surface area (Å²) in [6.07, 6.45) is 4.91. The van der Waals surface area contributed by atoms with Crippen LogP contribution in [0, 0.1) is 5.92 Å². The molecule has 5 nitrogen and oxygen atoms in total. The molecule has 1 amide bonds. The molecule has 1 aliphatic rings. The largest absolute Gasteiger partial charge is 0.466 e. The van der Waals surface area contributed by atoms with Crippen LogP contribution in [0.3, 0.4) is 0 Å². The highest BCUT2D eigenvalue weighted by molar-refractivity contribution is 8.02. The van der Waals surface area contributed by atoms with Crippen LogP contribution in [-0.2, 0) is 20.7 Å². The molecule has 1 N–H and O–H groups in total. The minimum atomic E-state index is -0.267. The van der Waals surface area contributed by atoms with E-state index in [1.165, 1.54) is 42.4 Å². The van der Waals surface area contributed by atoms with Gasteiger partial charge in [-0.3, -0.25) is 9.59 Å². The molecule has 0 unspecified atom stereocenters. The number of nitrogens with one attached hydrogen (secondary N) is 1. The first kappa shape index (κ1) is 19.2. The summed E-state index contributed by atoms with van der Waals surface area (Å²) in [5, 5.41) is 4.85. The van der Waals surface area contributed by atoms with E-state index < -0.39 is 0 Å². The summed E-state index contributed by atoms with van der Waals surface area (Å²) >= 11 is 2.91. The van der Waals surface area contributed by atoms with Gasteiger partial charge in [0.2, 0.25) is 5.91 Å². The average molecular weight is 371 g/mol. The highest BCUT2D eigenvalue weighted by Gasteiger charge is 2.25. The van der Waals surface area contributed by atoms with Gasteiger partial charge in [-0.1, -0.05) is 31.5 Å². The van der Waals surface area contributed by atoms with Crippen LogP contribution in [-0.4, -0.2) is 34.8 Å². The Kier molecular flexibility index (Phi) is 7.55. The average Bonchev–Trinajstić information content (AvgIpc) is 2.96. The third kappa shape index (κ3) is 5.77. The Balaban J connectivity index is 1.82. The minimum absolute atomic E-state index is 0.0703. The summed E-state index contributed by atoms with van der Waals surface area (Å²) in [6.45, 7) is 6.28. The third-order valence-corrected chi connectivity index (χ3v) is 6.37. The van der Waals surface area contributed by atoms with Gasteiger partial charge in [-0.15, -0.1) is 11.3 Å². The van der Waals surface area contributed by atoms with Crippen molar-refractivity contribution in [1.82, 2.24) is 10.3 Å². The normalized spacial score (nSPS) is 22.0. The van der Waals surface area contributed by atoms with Gasteiger partial charge in [0.1, 0.15) is 0 Å². The van der Waals surface area contributed by atoms with Gasteiger partial charge in [-0.2, -0.15) is 0 Å². The molecular weight excluding hydrogens is 344 g/mol. The lowest BCUT2D eigenvalue weighted by atomic mass is 9.86. The second-order valence-electron chi connectivity index (χ2n) is 6.22. The molecule has 0 bridgehead atoms. The molecule has 134 valence electrons. The van der Waals surface area contributed by atoms with Crippen LogP contribution in [0.15, 0.2) is 9.72 Å². The lowest BCUT2D eigenvalue weighted by Crippen LogP contribution is -2.44. The van der Waals surface area contributed by atoms with Gasteiger partial charge in [-0.05, 0) is 32.6 Å². The molecule has 1 saturated carbocycles. The van der Waals surface area contributed by atoms with E-state index in [4.69, 9.17) is 4.74 Å². The summed E-state index contributed by atoms with van der Waals surface area (Å²) < 4.78 is 5.74. The van der Waals surface area contributed by atoms with Gasteiger partial charge in [0.15, 0.2) is 4.34 Å². The number of ether oxygens (including phenoxy) is 1. The molecule has 1 fully saturated rings. The summed E-state index contributed by atoms with van der Waals surface area (Å²) in [6, 6.07) is 0.296. The van der Waals surface area contributed by atoms with E-state index in [0.717, 1.165) is 10.8 Å². The Morgan fingerprint density at radius 2 is 2.21 bits per heavy atom. The van der Waals surface area contributed by atoms with E-state index in [-0.39, 0.29) is 23.5 Å². The number of thiazole rings is 1. The molecule has 1 aromatic heterocycles. The third-order valence-electron chi connectivity index (χ3n) is 4.25. The number of carbonyl (C=O) groups excluding carboxylic acids is 2. The molecule has 0 aliphatic heterocycles. The quantitative estimate of drug-likeness (QED) is 0.588. The maximum atomic E-state index is 12.4. The summed E-state index contributed by atoms with van der Waals surface area (Å²) in [5.41, 5.74) is 0.703. The van der Waals surface area contributed by atoms with Gasteiger partial charge in [0.05, 0.1) is 24.0 Å². The topological polar surface area (TPSA) is 68.3 Å². The van der Waals surface area contributed by atoms with Crippen molar-refractivity contribution in [2.24, 2.45) is 5.92 Å². The van der Waals surface area contributed by atoms with Gasteiger partial charge in [-0.25, -0.2) is 4.98 Å². The van der Waals surface area contributed by atoms with Gasteiger partial charge >= 0.3 is 5.97 Å². The molecule has 24 heavy (non-hydrogen) atoms. The zero-order valence-electron chi connectivity index (χ0n) is 14.5. The van der Waals surface area contributed by atoms with Crippen LogP contribution in [0.2, 0.25) is 0 Å². The van der Waals surface area contributed by atoms with Crippen molar-refractivity contribution in [3.05, 3.63) is 11.1 Å². The number of hydrogen-bond acceptors (Lipinski definition) is 6. The molecule has 0 spiro atoms. The van der Waals surface area contributed by atoms with Crippen LogP contribution >= 0.6 is 23.1 Å². The summed E-state index contributed by atoms with van der Waals surface area (Å²) in [7, 11) is 0. The first-order valence-corrected chi connectivity index (χ1v) is 10.3. The Morgan fingerprint density at radius 3 is 2.92 bits per heavy atom. The first-order chi connectivity index (χ1) is 11.5. The minimum Gasteiger partial charge on any atom is -0.466 e. The van der Waals surface area contributed by atoms with Crippen molar-refractivity contribution >= 4 is 35.0 Å². The standard InChI is InChI=1S/C17H26N2O3S2/c1-4-22-15(20)9-13-10-23-17(18-13)24-12(3)16(21)19-14-8-6-5-7-11(14)2/h10-12,14H,4-9H2,1-3H3,(H,19,21)/t11-,12-,14-/m0/s1. The van der Waals surface area contributed by atoms with Crippen molar-refractivity contribution < 1.29 is 14.3 Å². The maximum absolute atomic E-state index is 12.4. The lowest BCUT2D eigenvalue weighted by Gasteiger charge is -2.30. The number of hydrogen-bond donors (Lipinski definition) is 1. The summed E-state index contributed by atoms with van der Waals surface area (Å²) in [5.74, 6) is 0.355. The number of thioether (sulfide) groups is 1. The number of carbonyl (C=O) groups is 2. The van der Waals surface area contributed by atoms with Crippen LogP contribution in [0.25, 0.3) is 0 Å². The molecule has 7 heteroatoms. The van der Waals surface area contributed by atoms with Crippen molar-refractivity contribution in [2.45, 2.75) is 68.5 Å². The van der Waals surface area contributed by atoms with E-state index in [0.29, 0.717) is 24.3 Å². The Hall–Kier alpha value is -1.08. The van der Waals surface area contributed by atoms with Crippen molar-refractivity contribution in [3.63, 3.8) is 0 Å². The number of aromatic nitrogens is 1. The molecule has 2 rings (SSSR count). The first-order valence-electron chi connectivity index (χ1n) is 8.56. The van der Waals surface area contributed by atoms with Crippen molar-refractivity contribution in [2.75, 3.05) is 6.61 Å². The van der Waals surface area contributed by atoms with E-state index in [1.54, 1.807) is 6.92 Å². The smallest absolute Gasteiger partial charge is 0.311 e. The summed E-state index contributed by atoms with van der Waals surface area (Å²) in [4.78, 5) is 28.3. The molecule has 0 aromatic carbocycles. The molecule has 1 aliphatic carbocycles. The number of amides is 1. The maximum Gasteiger partial charge on any atom is 0.311 e. The molecule has 1 aromatic rings. The van der Waals surface area contributed by atoms with Crippen molar-refractivity contribution in [3.8, 4) is 0 Å². The monoisotopic (exact) mass is 370 g/mol. The Bertz CT molecular complexity index is 562. The predicted octanol–water partition coefficient (Wildman–Crippen LogP) is 3.42. The van der Waals surface area contributed by atoms with Crippen LogP contribution in [0.1, 0.15) is 52.1 Å². The number of nitrogens with zero attached hydrogens (tertiary/aromatic N) is 1. The molecule has 0 radical (unpaired) electrons. The number of rotatable bonds is 7. The second kappa shape index (κ2) is 9.42. The van der Waals surface area contributed by atoms with E-state index in [2.05, 4.69) is 17.2 Å². The fourth-order valence-electron chi connectivity index (χ4n) is 2.82. The number of esters is 1. The van der Waals surface area contributed by atoms with Gasteiger partial charge in [0.25, 0.3) is 0 Å². The zero-order chi connectivity index (χ0) is 17.5. The highest BCUT2D eigenvalue weighted by Crippen LogP contribution is 2.28. The zero-order valence-corrected chi connectivity index (χ0v) is 16.2. The van der Waals surface area contributed by atoms with E-state index in [1.807, 2.05) is 12.3 Å². The lowest BCUT2D eigenvalue weighted by molar-refractivity contribution is -0.142. The van der Waals surface area contributed by atoms with E-state index >= 15 is 0 Å². The van der Waals surface area contributed by atoms with Crippen LogP contribution < -0.4 is 5.32 Å². The second-order valence-corrected chi connectivity index (χ2v) is 8.67. The molecule has 3 atom stereocenters. The van der Waals surface area contributed by atoms with Crippen molar-refractivity contribution in [1.29, 1.82) is 0 Å². The van der Waals surface area contributed by atoms with Crippen LogP contribution in [0.5, 0.6) is 0 Å². The molecular formula is C17H26N2O3S2. The van der Waals surface area contributed by atoms with Gasteiger partial charge in [0, 0.05) is 11.4 Å².